The molecular weight excluding hydrogens is 267 g/mol. The van der Waals surface area contributed by atoms with Crippen LogP contribution in [0.4, 0.5) is 30.4 Å². The average molecular weight is 274 g/mol. The smallest absolute Gasteiger partial charge is 0.196 e. The molecule has 0 atom stereocenters. The first-order chi connectivity index (χ1) is 8.49. The molecule has 0 bridgehead atoms. The van der Waals surface area contributed by atoms with Crippen LogP contribution in [0.3, 0.4) is 0 Å². The molecule has 0 aliphatic carbocycles. The highest BCUT2D eigenvalue weighted by Crippen LogP contribution is 2.27. The fourth-order valence-electron chi connectivity index (χ4n) is 1.29. The van der Waals surface area contributed by atoms with Gasteiger partial charge in [-0.15, -0.1) is 0 Å². The SMILES string of the molecule is Nc1cnc(Nc2ccc(F)c(F)c2F)c(Cl)c1. The summed E-state index contributed by atoms with van der Waals surface area (Å²) in [6, 6.07) is 3.24. The summed E-state index contributed by atoms with van der Waals surface area (Å²) in [5, 5.41) is 2.59. The Morgan fingerprint density at radius 3 is 2.56 bits per heavy atom. The number of nitrogens with zero attached hydrogens (tertiary/aromatic N) is 1. The van der Waals surface area contributed by atoms with Gasteiger partial charge < -0.3 is 11.1 Å². The minimum absolute atomic E-state index is 0.0933. The number of nitrogens with two attached hydrogens (primary N) is 1. The molecule has 18 heavy (non-hydrogen) atoms. The molecule has 1 heterocycles. The van der Waals surface area contributed by atoms with E-state index in [4.69, 9.17) is 17.3 Å². The number of nitrogens with one attached hydrogen (secondary N) is 1. The molecule has 0 spiro atoms. The Labute approximate surface area is 105 Å². The zero-order valence-corrected chi connectivity index (χ0v) is 9.60. The number of hydrogen-bond acceptors (Lipinski definition) is 3. The van der Waals surface area contributed by atoms with E-state index in [0.717, 1.165) is 12.1 Å². The van der Waals surface area contributed by atoms with Crippen molar-refractivity contribution < 1.29 is 13.2 Å². The maximum absolute atomic E-state index is 13.4. The molecule has 0 saturated heterocycles. The van der Waals surface area contributed by atoms with E-state index >= 15 is 0 Å². The molecule has 0 radical (unpaired) electrons. The second-order valence-corrected chi connectivity index (χ2v) is 3.85. The Bertz CT molecular complexity index is 604. The van der Waals surface area contributed by atoms with Gasteiger partial charge in [-0.2, -0.15) is 0 Å². The molecule has 0 unspecified atom stereocenters. The van der Waals surface area contributed by atoms with E-state index in [1.807, 2.05) is 0 Å². The van der Waals surface area contributed by atoms with Crippen LogP contribution < -0.4 is 11.1 Å². The third-order valence-electron chi connectivity index (χ3n) is 2.15. The summed E-state index contributed by atoms with van der Waals surface area (Å²) in [4.78, 5) is 3.82. The highest BCUT2D eigenvalue weighted by Gasteiger charge is 2.14. The highest BCUT2D eigenvalue weighted by molar-refractivity contribution is 6.33. The van der Waals surface area contributed by atoms with Gasteiger partial charge in [-0.3, -0.25) is 0 Å². The predicted octanol–water partition coefficient (Wildman–Crippen LogP) is 3.48. The van der Waals surface area contributed by atoms with Gasteiger partial charge in [0.05, 0.1) is 22.6 Å². The molecule has 1 aromatic carbocycles. The number of halogens is 4. The maximum Gasteiger partial charge on any atom is 0.196 e. The number of hydrogen-bond donors (Lipinski definition) is 2. The van der Waals surface area contributed by atoms with Crippen molar-refractivity contribution in [2.24, 2.45) is 0 Å². The monoisotopic (exact) mass is 273 g/mol. The van der Waals surface area contributed by atoms with E-state index in [1.165, 1.54) is 12.3 Å². The molecule has 1 aromatic heterocycles. The number of nitrogen functional groups attached to an aromatic ring is 1. The Balaban J connectivity index is 2.37. The Kier molecular flexibility index (Phi) is 3.29. The van der Waals surface area contributed by atoms with Gasteiger partial charge in [0.1, 0.15) is 5.82 Å². The number of pyridine rings is 1. The summed E-state index contributed by atoms with van der Waals surface area (Å²) >= 11 is 5.81. The standard InChI is InChI=1S/C11H7ClF3N3/c12-6-3-5(16)4-17-11(6)18-8-2-1-7(13)9(14)10(8)15/h1-4H,16H2,(H,17,18). The van der Waals surface area contributed by atoms with E-state index in [0.29, 0.717) is 5.69 Å². The number of rotatable bonds is 2. The highest BCUT2D eigenvalue weighted by atomic mass is 35.5. The van der Waals surface area contributed by atoms with Crippen LogP contribution in [0.2, 0.25) is 5.02 Å². The van der Waals surface area contributed by atoms with Gasteiger partial charge in [0, 0.05) is 0 Å². The minimum atomic E-state index is -1.56. The summed E-state index contributed by atoms with van der Waals surface area (Å²) in [5.41, 5.74) is 5.50. The quantitative estimate of drug-likeness (QED) is 0.824. The van der Waals surface area contributed by atoms with Crippen molar-refractivity contribution in [1.82, 2.24) is 4.98 Å². The van der Waals surface area contributed by atoms with Gasteiger partial charge in [-0.25, -0.2) is 18.2 Å². The first kappa shape index (κ1) is 12.5. The summed E-state index contributed by atoms with van der Waals surface area (Å²) in [5.74, 6) is -4.08. The van der Waals surface area contributed by atoms with Crippen LogP contribution in [0, 0.1) is 17.5 Å². The lowest BCUT2D eigenvalue weighted by Crippen LogP contribution is -2.01. The number of aromatic nitrogens is 1. The predicted molar refractivity (Wildman–Crippen MR) is 63.3 cm³/mol. The van der Waals surface area contributed by atoms with E-state index in [9.17, 15) is 13.2 Å². The largest absolute Gasteiger partial charge is 0.397 e. The van der Waals surface area contributed by atoms with Gasteiger partial charge in [0.15, 0.2) is 17.5 Å². The molecule has 0 aliphatic heterocycles. The summed E-state index contributed by atoms with van der Waals surface area (Å²) in [6.07, 6.45) is 1.30. The van der Waals surface area contributed by atoms with Crippen molar-refractivity contribution in [2.45, 2.75) is 0 Å². The Morgan fingerprint density at radius 2 is 1.89 bits per heavy atom. The van der Waals surface area contributed by atoms with Crippen LogP contribution in [0.5, 0.6) is 0 Å². The zero-order chi connectivity index (χ0) is 13.3. The fourth-order valence-corrected chi connectivity index (χ4v) is 1.52. The Morgan fingerprint density at radius 1 is 1.17 bits per heavy atom. The van der Waals surface area contributed by atoms with Crippen molar-refractivity contribution in [3.63, 3.8) is 0 Å². The molecule has 3 N–H and O–H groups in total. The van der Waals surface area contributed by atoms with Crippen molar-refractivity contribution >= 4 is 28.8 Å². The van der Waals surface area contributed by atoms with E-state index in [1.54, 1.807) is 0 Å². The van der Waals surface area contributed by atoms with Crippen LogP contribution >= 0.6 is 11.6 Å². The van der Waals surface area contributed by atoms with Gasteiger partial charge in [-0.1, -0.05) is 11.6 Å². The van der Waals surface area contributed by atoms with Crippen molar-refractivity contribution in [3.05, 3.63) is 46.9 Å². The molecule has 94 valence electrons. The van der Waals surface area contributed by atoms with Gasteiger partial charge in [0.2, 0.25) is 0 Å². The normalized spacial score (nSPS) is 10.4. The third-order valence-corrected chi connectivity index (χ3v) is 2.44. The zero-order valence-electron chi connectivity index (χ0n) is 8.85. The molecule has 3 nitrogen and oxygen atoms in total. The number of anilines is 3. The molecule has 7 heteroatoms. The lowest BCUT2D eigenvalue weighted by atomic mass is 10.2. The molecule has 2 aromatic rings. The fraction of sp³-hybridized carbons (Fsp3) is 0. The van der Waals surface area contributed by atoms with Crippen molar-refractivity contribution in [1.29, 1.82) is 0 Å². The number of benzene rings is 1. The second kappa shape index (κ2) is 4.73. The van der Waals surface area contributed by atoms with Crippen LogP contribution in [0.25, 0.3) is 0 Å². The van der Waals surface area contributed by atoms with Crippen molar-refractivity contribution in [2.75, 3.05) is 11.1 Å². The van der Waals surface area contributed by atoms with E-state index < -0.39 is 17.5 Å². The molecule has 2 rings (SSSR count). The molecule has 0 fully saturated rings. The summed E-state index contributed by atoms with van der Waals surface area (Å²) < 4.78 is 39.1. The van der Waals surface area contributed by atoms with E-state index in [-0.39, 0.29) is 16.5 Å². The molecule has 0 amide bonds. The molecular formula is C11H7ClF3N3. The van der Waals surface area contributed by atoms with Gasteiger partial charge in [-0.05, 0) is 18.2 Å². The first-order valence-corrected chi connectivity index (χ1v) is 5.18. The third kappa shape index (κ3) is 2.33. The topological polar surface area (TPSA) is 50.9 Å². The lowest BCUT2D eigenvalue weighted by molar-refractivity contribution is 0.449. The second-order valence-electron chi connectivity index (χ2n) is 3.45. The molecule has 0 saturated carbocycles. The van der Waals surface area contributed by atoms with Gasteiger partial charge in [0.25, 0.3) is 0 Å². The first-order valence-electron chi connectivity index (χ1n) is 4.80. The van der Waals surface area contributed by atoms with Crippen LogP contribution in [-0.2, 0) is 0 Å². The lowest BCUT2D eigenvalue weighted by Gasteiger charge is -2.09. The Hall–Kier alpha value is -1.95. The maximum atomic E-state index is 13.4. The van der Waals surface area contributed by atoms with Gasteiger partial charge >= 0.3 is 0 Å². The van der Waals surface area contributed by atoms with Crippen LogP contribution in [0.1, 0.15) is 0 Å². The van der Waals surface area contributed by atoms with E-state index in [2.05, 4.69) is 10.3 Å². The summed E-state index contributed by atoms with van der Waals surface area (Å²) in [6.45, 7) is 0. The van der Waals surface area contributed by atoms with Crippen LogP contribution in [0.15, 0.2) is 24.4 Å². The average Bonchev–Trinajstić information content (AvgIpc) is 2.33. The minimum Gasteiger partial charge on any atom is -0.397 e. The van der Waals surface area contributed by atoms with Crippen molar-refractivity contribution in [3.8, 4) is 0 Å². The van der Waals surface area contributed by atoms with Crippen LogP contribution in [-0.4, -0.2) is 4.98 Å². The molecule has 0 aliphatic rings. The summed E-state index contributed by atoms with van der Waals surface area (Å²) in [7, 11) is 0.